The highest BCUT2D eigenvalue weighted by atomic mass is 32.2. The first-order valence-electron chi connectivity index (χ1n) is 7.19. The molecule has 3 N–H and O–H groups in total. The topological polar surface area (TPSA) is 106 Å². The Bertz CT molecular complexity index is 592. The highest BCUT2D eigenvalue weighted by Gasteiger charge is 2.49. The van der Waals surface area contributed by atoms with Crippen molar-refractivity contribution in [2.24, 2.45) is 0 Å². The van der Waals surface area contributed by atoms with E-state index >= 15 is 0 Å². The van der Waals surface area contributed by atoms with Crippen LogP contribution in [0.3, 0.4) is 0 Å². The molecule has 0 unspecified atom stereocenters. The molecule has 0 aliphatic carbocycles. The first-order chi connectivity index (χ1) is 10.6. The van der Waals surface area contributed by atoms with Gasteiger partial charge in [0.25, 0.3) is 0 Å². The second-order valence-electron chi connectivity index (χ2n) is 6.62. The van der Waals surface area contributed by atoms with Gasteiger partial charge in [-0.25, -0.2) is 9.78 Å². The Morgan fingerprint density at radius 3 is 2.57 bits per heavy atom. The van der Waals surface area contributed by atoms with E-state index in [1.165, 1.54) is 22.9 Å². The number of thioether (sulfide) groups is 1. The number of likely N-dealkylation sites (tertiary alicyclic amines) is 1. The van der Waals surface area contributed by atoms with Gasteiger partial charge in [-0.3, -0.25) is 4.79 Å². The van der Waals surface area contributed by atoms with Gasteiger partial charge in [-0.15, -0.1) is 0 Å². The van der Waals surface area contributed by atoms with Gasteiger partial charge >= 0.3 is 12.1 Å². The number of nitrogens with two attached hydrogens (primary N) is 1. The van der Waals surface area contributed by atoms with E-state index in [2.05, 4.69) is 4.98 Å². The van der Waals surface area contributed by atoms with Crippen LogP contribution in [0, 0.1) is 0 Å². The van der Waals surface area contributed by atoms with E-state index in [0.29, 0.717) is 23.8 Å². The Morgan fingerprint density at radius 1 is 1.43 bits per heavy atom. The number of carbonyl (C=O) groups is 2. The van der Waals surface area contributed by atoms with Crippen LogP contribution in [0.2, 0.25) is 0 Å². The third-order valence-electron chi connectivity index (χ3n) is 3.16. The van der Waals surface area contributed by atoms with Crippen molar-refractivity contribution in [3.05, 3.63) is 18.3 Å². The molecular formula is C15H21N3O4S. The normalized spacial score (nSPS) is 16.6. The third kappa shape index (κ3) is 4.75. The third-order valence-corrected chi connectivity index (χ3v) is 4.45. The van der Waals surface area contributed by atoms with Crippen molar-refractivity contribution in [1.29, 1.82) is 0 Å². The van der Waals surface area contributed by atoms with Gasteiger partial charge in [0.05, 0.1) is 28.1 Å². The van der Waals surface area contributed by atoms with Crippen molar-refractivity contribution in [2.75, 3.05) is 18.8 Å². The van der Waals surface area contributed by atoms with Crippen molar-refractivity contribution < 1.29 is 19.4 Å². The minimum atomic E-state index is -0.906. The lowest BCUT2D eigenvalue weighted by molar-refractivity contribution is -0.138. The highest BCUT2D eigenvalue weighted by Crippen LogP contribution is 2.42. The fraction of sp³-hybridized carbons (Fsp3) is 0.533. The van der Waals surface area contributed by atoms with E-state index in [4.69, 9.17) is 15.6 Å². The second kappa shape index (κ2) is 6.27. The zero-order valence-electron chi connectivity index (χ0n) is 13.4. The summed E-state index contributed by atoms with van der Waals surface area (Å²) in [5, 5.41) is 9.84. The molecular weight excluding hydrogens is 318 g/mol. The second-order valence-corrected chi connectivity index (χ2v) is 8.11. The largest absolute Gasteiger partial charge is 0.481 e. The fourth-order valence-corrected chi connectivity index (χ4v) is 3.59. The van der Waals surface area contributed by atoms with Crippen LogP contribution in [-0.2, 0) is 9.53 Å². The number of amides is 1. The Morgan fingerprint density at radius 2 is 2.09 bits per heavy atom. The number of carboxylic acid groups (broad SMARTS) is 1. The molecule has 7 nitrogen and oxygen atoms in total. The van der Waals surface area contributed by atoms with Crippen LogP contribution in [0.15, 0.2) is 23.4 Å². The molecule has 0 aromatic carbocycles. The van der Waals surface area contributed by atoms with Crippen molar-refractivity contribution in [3.8, 4) is 0 Å². The van der Waals surface area contributed by atoms with Crippen LogP contribution in [0.5, 0.6) is 0 Å². The Hall–Kier alpha value is -1.96. The summed E-state index contributed by atoms with van der Waals surface area (Å²) in [5.74, 6) is -0.906. The zero-order chi connectivity index (χ0) is 17.3. The quantitative estimate of drug-likeness (QED) is 0.866. The number of hydrogen-bond acceptors (Lipinski definition) is 6. The highest BCUT2D eigenvalue weighted by molar-refractivity contribution is 8.00. The number of nitrogen functional groups attached to an aromatic ring is 1. The first-order valence-corrected chi connectivity index (χ1v) is 8.00. The molecule has 23 heavy (non-hydrogen) atoms. The van der Waals surface area contributed by atoms with Gasteiger partial charge in [0.15, 0.2) is 0 Å². The molecule has 0 saturated carbocycles. The number of pyridine rings is 1. The molecule has 1 fully saturated rings. The Balaban J connectivity index is 2.04. The number of hydrogen-bond donors (Lipinski definition) is 2. The molecule has 0 bridgehead atoms. The molecule has 1 saturated heterocycles. The summed E-state index contributed by atoms with van der Waals surface area (Å²) in [6.45, 7) is 6.00. The van der Waals surface area contributed by atoms with Crippen LogP contribution in [0.1, 0.15) is 27.2 Å². The van der Waals surface area contributed by atoms with E-state index in [1.807, 2.05) is 0 Å². The number of anilines is 1. The van der Waals surface area contributed by atoms with Gasteiger partial charge in [-0.05, 0) is 32.9 Å². The van der Waals surface area contributed by atoms with Crippen molar-refractivity contribution >= 4 is 29.5 Å². The van der Waals surface area contributed by atoms with Gasteiger partial charge in [0.1, 0.15) is 5.60 Å². The number of aromatic nitrogens is 1. The number of ether oxygens (including phenoxy) is 1. The van der Waals surface area contributed by atoms with Crippen molar-refractivity contribution in [2.45, 2.75) is 42.6 Å². The molecule has 0 atom stereocenters. The molecule has 0 spiro atoms. The summed E-state index contributed by atoms with van der Waals surface area (Å²) < 4.78 is 4.71. The summed E-state index contributed by atoms with van der Waals surface area (Å²) >= 11 is 1.36. The maximum atomic E-state index is 12.0. The van der Waals surface area contributed by atoms with Crippen molar-refractivity contribution in [1.82, 2.24) is 9.88 Å². The molecule has 2 rings (SSSR count). The summed E-state index contributed by atoms with van der Waals surface area (Å²) in [7, 11) is 0. The standard InChI is InChI=1S/C15H21N3O4S/c1-14(2,3)22-13(21)18-8-15(9-18,6-12(19)20)23-11-5-4-10(16)7-17-11/h4-5,7H,6,8-9,16H2,1-3H3,(H,19,20). The molecule has 0 radical (unpaired) electrons. The number of nitrogens with zero attached hydrogens (tertiary/aromatic N) is 2. The average molecular weight is 339 g/mol. The molecule has 1 aliphatic rings. The zero-order valence-corrected chi connectivity index (χ0v) is 14.2. The van der Waals surface area contributed by atoms with Gasteiger partial charge < -0.3 is 20.5 Å². The summed E-state index contributed by atoms with van der Waals surface area (Å²) in [4.78, 5) is 28.9. The lowest BCUT2D eigenvalue weighted by Crippen LogP contribution is -2.62. The molecule has 8 heteroatoms. The molecule has 1 aromatic heterocycles. The van der Waals surface area contributed by atoms with E-state index in [9.17, 15) is 9.59 Å². The van der Waals surface area contributed by atoms with Crippen LogP contribution in [-0.4, -0.2) is 50.5 Å². The van der Waals surface area contributed by atoms with E-state index in [0.717, 1.165) is 0 Å². The lowest BCUT2D eigenvalue weighted by atomic mass is 9.95. The molecule has 2 heterocycles. The fourth-order valence-electron chi connectivity index (χ4n) is 2.27. The first kappa shape index (κ1) is 17.4. The van der Waals surface area contributed by atoms with Crippen molar-refractivity contribution in [3.63, 3.8) is 0 Å². The summed E-state index contributed by atoms with van der Waals surface area (Å²) in [6, 6.07) is 3.47. The molecule has 126 valence electrons. The van der Waals surface area contributed by atoms with Crippen LogP contribution in [0.4, 0.5) is 10.5 Å². The predicted molar refractivity (Wildman–Crippen MR) is 87.3 cm³/mol. The number of carbonyl (C=O) groups excluding carboxylic acids is 1. The lowest BCUT2D eigenvalue weighted by Gasteiger charge is -2.48. The van der Waals surface area contributed by atoms with E-state index in [-0.39, 0.29) is 6.42 Å². The monoisotopic (exact) mass is 339 g/mol. The SMILES string of the molecule is CC(C)(C)OC(=O)N1CC(CC(=O)O)(Sc2ccc(N)cn2)C1. The molecule has 1 amide bonds. The molecule has 1 aliphatic heterocycles. The average Bonchev–Trinajstić information content (AvgIpc) is 2.35. The maximum absolute atomic E-state index is 12.0. The molecule has 1 aromatic rings. The number of aliphatic carboxylic acids is 1. The van der Waals surface area contributed by atoms with Gasteiger partial charge in [0, 0.05) is 13.1 Å². The minimum absolute atomic E-state index is 0.0526. The Labute approximate surface area is 139 Å². The predicted octanol–water partition coefficient (Wildman–Crippen LogP) is 2.22. The van der Waals surface area contributed by atoms with Crippen LogP contribution < -0.4 is 5.73 Å². The van der Waals surface area contributed by atoms with Gasteiger partial charge in [0.2, 0.25) is 0 Å². The smallest absolute Gasteiger partial charge is 0.410 e. The van der Waals surface area contributed by atoms with Gasteiger partial charge in [-0.1, -0.05) is 11.8 Å². The number of rotatable bonds is 4. The van der Waals surface area contributed by atoms with Gasteiger partial charge in [-0.2, -0.15) is 0 Å². The number of carboxylic acids is 1. The summed E-state index contributed by atoms with van der Waals surface area (Å²) in [6.07, 6.45) is 1.05. The summed E-state index contributed by atoms with van der Waals surface area (Å²) in [5.41, 5.74) is 5.57. The van der Waals surface area contributed by atoms with Crippen LogP contribution >= 0.6 is 11.8 Å². The Kier molecular flexibility index (Phi) is 4.74. The van der Waals surface area contributed by atoms with Crippen LogP contribution in [0.25, 0.3) is 0 Å². The van der Waals surface area contributed by atoms with E-state index in [1.54, 1.807) is 32.9 Å². The van der Waals surface area contributed by atoms with E-state index < -0.39 is 22.4 Å². The maximum Gasteiger partial charge on any atom is 0.410 e. The minimum Gasteiger partial charge on any atom is -0.481 e.